The van der Waals surface area contributed by atoms with Gasteiger partial charge < -0.3 is 4.90 Å². The second-order valence-corrected chi connectivity index (χ2v) is 3.06. The summed E-state index contributed by atoms with van der Waals surface area (Å²) >= 11 is 0. The van der Waals surface area contributed by atoms with E-state index in [1.807, 2.05) is 0 Å². The molecule has 1 saturated heterocycles. The number of aromatic nitrogens is 4. The molecule has 0 aromatic carbocycles. The maximum Gasteiger partial charge on any atom is 0.180 e. The van der Waals surface area contributed by atoms with Crippen molar-refractivity contribution in [3.63, 3.8) is 0 Å². The monoisotopic (exact) mass is 153 g/mol. The van der Waals surface area contributed by atoms with Gasteiger partial charge in [0.15, 0.2) is 5.82 Å². The molecule has 0 atom stereocenters. The number of tetrazole rings is 1. The fraction of sp³-hybridized carbons (Fsp3) is 0.833. The zero-order chi connectivity index (χ0) is 7.84. The Morgan fingerprint density at radius 2 is 2.09 bits per heavy atom. The first-order valence-corrected chi connectivity index (χ1v) is 3.68. The van der Waals surface area contributed by atoms with E-state index >= 15 is 0 Å². The lowest BCUT2D eigenvalue weighted by molar-refractivity contribution is 0.183. The highest BCUT2D eigenvalue weighted by atomic mass is 15.6. The molecule has 5 nitrogen and oxygen atoms in total. The van der Waals surface area contributed by atoms with E-state index in [0.29, 0.717) is 5.92 Å². The van der Waals surface area contributed by atoms with E-state index in [1.54, 1.807) is 7.05 Å². The lowest BCUT2D eigenvalue weighted by Crippen LogP contribution is -2.42. The van der Waals surface area contributed by atoms with Gasteiger partial charge in [-0.25, -0.2) is 0 Å². The van der Waals surface area contributed by atoms with Gasteiger partial charge in [0.2, 0.25) is 0 Å². The molecule has 0 spiro atoms. The van der Waals surface area contributed by atoms with Gasteiger partial charge >= 0.3 is 0 Å². The molecular formula is C6H11N5. The third-order valence-corrected chi connectivity index (χ3v) is 1.95. The normalized spacial score (nSPS) is 20.2. The smallest absolute Gasteiger partial charge is 0.180 e. The number of hydrogen-bond acceptors (Lipinski definition) is 4. The second-order valence-electron chi connectivity index (χ2n) is 3.06. The Morgan fingerprint density at radius 3 is 2.55 bits per heavy atom. The van der Waals surface area contributed by atoms with Gasteiger partial charge in [0, 0.05) is 19.0 Å². The lowest BCUT2D eigenvalue weighted by atomic mass is 10.0. The van der Waals surface area contributed by atoms with Crippen LogP contribution in [0.1, 0.15) is 11.7 Å². The molecule has 0 saturated carbocycles. The van der Waals surface area contributed by atoms with E-state index in [-0.39, 0.29) is 0 Å². The van der Waals surface area contributed by atoms with Crippen LogP contribution in [0.3, 0.4) is 0 Å². The standard InChI is InChI=1S/C6H11N5/c1-10-3-5(4-10)6-7-9-11(2)8-6/h5H,3-4H2,1-2H3. The molecule has 0 N–H and O–H groups in total. The zero-order valence-electron chi connectivity index (χ0n) is 6.73. The van der Waals surface area contributed by atoms with Gasteiger partial charge in [-0.05, 0) is 12.3 Å². The molecule has 5 heteroatoms. The molecule has 0 unspecified atom stereocenters. The van der Waals surface area contributed by atoms with Crippen molar-refractivity contribution in [2.24, 2.45) is 7.05 Å². The van der Waals surface area contributed by atoms with Gasteiger partial charge in [0.1, 0.15) is 0 Å². The average Bonchev–Trinajstić information content (AvgIpc) is 2.29. The van der Waals surface area contributed by atoms with Gasteiger partial charge in [-0.2, -0.15) is 4.80 Å². The Labute approximate surface area is 65.0 Å². The summed E-state index contributed by atoms with van der Waals surface area (Å²) in [5.41, 5.74) is 0. The Balaban J connectivity index is 2.07. The van der Waals surface area contributed by atoms with E-state index in [4.69, 9.17) is 0 Å². The van der Waals surface area contributed by atoms with Crippen LogP contribution in [0.2, 0.25) is 0 Å². The molecule has 1 aromatic heterocycles. The van der Waals surface area contributed by atoms with Crippen LogP contribution in [0.5, 0.6) is 0 Å². The molecule has 1 aliphatic heterocycles. The Hall–Kier alpha value is -0.970. The summed E-state index contributed by atoms with van der Waals surface area (Å²) in [6, 6.07) is 0. The van der Waals surface area contributed by atoms with E-state index in [2.05, 4.69) is 27.4 Å². The molecule has 1 fully saturated rings. The van der Waals surface area contributed by atoms with Crippen LogP contribution < -0.4 is 0 Å². The van der Waals surface area contributed by atoms with Crippen molar-refractivity contribution in [1.29, 1.82) is 0 Å². The summed E-state index contributed by atoms with van der Waals surface area (Å²) in [6.07, 6.45) is 0. The summed E-state index contributed by atoms with van der Waals surface area (Å²) in [4.78, 5) is 3.74. The highest BCUT2D eigenvalue weighted by molar-refractivity contribution is 5.00. The summed E-state index contributed by atoms with van der Waals surface area (Å²) in [6.45, 7) is 2.12. The summed E-state index contributed by atoms with van der Waals surface area (Å²) in [5, 5.41) is 11.9. The van der Waals surface area contributed by atoms with Crippen molar-refractivity contribution in [2.45, 2.75) is 5.92 Å². The maximum absolute atomic E-state index is 4.13. The first kappa shape index (κ1) is 6.72. The van der Waals surface area contributed by atoms with Crippen molar-refractivity contribution < 1.29 is 0 Å². The predicted octanol–water partition coefficient (Wildman–Crippen LogP) is -0.761. The Bertz CT molecular complexity index is 249. The number of aryl methyl sites for hydroxylation is 1. The number of nitrogens with zero attached hydrogens (tertiary/aromatic N) is 5. The topological polar surface area (TPSA) is 46.8 Å². The second kappa shape index (κ2) is 2.27. The Kier molecular flexibility index (Phi) is 1.38. The highest BCUT2D eigenvalue weighted by Crippen LogP contribution is 2.20. The largest absolute Gasteiger partial charge is 0.305 e. The average molecular weight is 153 g/mol. The molecule has 1 aromatic rings. The first-order chi connectivity index (χ1) is 5.25. The van der Waals surface area contributed by atoms with Crippen LogP contribution in [0.15, 0.2) is 0 Å². The fourth-order valence-electron chi connectivity index (χ4n) is 1.32. The minimum absolute atomic E-state index is 0.508. The third-order valence-electron chi connectivity index (χ3n) is 1.95. The fourth-order valence-corrected chi connectivity index (χ4v) is 1.32. The van der Waals surface area contributed by atoms with Crippen LogP contribution in [-0.4, -0.2) is 45.2 Å². The molecule has 60 valence electrons. The van der Waals surface area contributed by atoms with E-state index in [9.17, 15) is 0 Å². The molecule has 1 aliphatic rings. The number of likely N-dealkylation sites (tertiary alicyclic amines) is 1. The van der Waals surface area contributed by atoms with Gasteiger partial charge in [-0.1, -0.05) is 0 Å². The SMILES string of the molecule is CN1CC(c2nnn(C)n2)C1. The minimum atomic E-state index is 0.508. The highest BCUT2D eigenvalue weighted by Gasteiger charge is 2.28. The molecule has 11 heavy (non-hydrogen) atoms. The number of hydrogen-bond donors (Lipinski definition) is 0. The molecule has 2 rings (SSSR count). The third kappa shape index (κ3) is 1.11. The van der Waals surface area contributed by atoms with Gasteiger partial charge in [0.05, 0.1) is 7.05 Å². The molecule has 0 amide bonds. The van der Waals surface area contributed by atoms with Crippen molar-refractivity contribution in [2.75, 3.05) is 20.1 Å². The molecule has 0 bridgehead atoms. The lowest BCUT2D eigenvalue weighted by Gasteiger charge is -2.33. The van der Waals surface area contributed by atoms with Crippen LogP contribution in [-0.2, 0) is 7.05 Å². The van der Waals surface area contributed by atoms with E-state index in [0.717, 1.165) is 18.9 Å². The predicted molar refractivity (Wildman–Crippen MR) is 39.0 cm³/mol. The molecule has 2 heterocycles. The quantitative estimate of drug-likeness (QED) is 0.532. The summed E-state index contributed by atoms with van der Waals surface area (Å²) in [5.74, 6) is 1.39. The summed E-state index contributed by atoms with van der Waals surface area (Å²) < 4.78 is 0. The van der Waals surface area contributed by atoms with Crippen LogP contribution >= 0.6 is 0 Å². The van der Waals surface area contributed by atoms with Crippen molar-refractivity contribution in [1.82, 2.24) is 25.1 Å². The van der Waals surface area contributed by atoms with Crippen molar-refractivity contribution in [3.05, 3.63) is 5.82 Å². The van der Waals surface area contributed by atoms with Crippen LogP contribution in [0.4, 0.5) is 0 Å². The maximum atomic E-state index is 4.13. The first-order valence-electron chi connectivity index (χ1n) is 3.68. The van der Waals surface area contributed by atoms with E-state index < -0.39 is 0 Å². The summed E-state index contributed by atoms with van der Waals surface area (Å²) in [7, 11) is 3.88. The molecule has 0 radical (unpaired) electrons. The van der Waals surface area contributed by atoms with Gasteiger partial charge in [0.25, 0.3) is 0 Å². The van der Waals surface area contributed by atoms with E-state index in [1.165, 1.54) is 4.80 Å². The molecular weight excluding hydrogens is 142 g/mol. The van der Waals surface area contributed by atoms with Crippen molar-refractivity contribution in [3.8, 4) is 0 Å². The minimum Gasteiger partial charge on any atom is -0.305 e. The molecule has 0 aliphatic carbocycles. The number of rotatable bonds is 1. The number of likely N-dealkylation sites (N-methyl/N-ethyl adjacent to an activating group) is 1. The van der Waals surface area contributed by atoms with Crippen LogP contribution in [0.25, 0.3) is 0 Å². The van der Waals surface area contributed by atoms with Crippen molar-refractivity contribution >= 4 is 0 Å². The van der Waals surface area contributed by atoms with Crippen LogP contribution in [0, 0.1) is 0 Å². The van der Waals surface area contributed by atoms with Gasteiger partial charge in [-0.15, -0.1) is 10.2 Å². The zero-order valence-corrected chi connectivity index (χ0v) is 6.73. The van der Waals surface area contributed by atoms with Gasteiger partial charge in [-0.3, -0.25) is 0 Å². The Morgan fingerprint density at radius 1 is 1.36 bits per heavy atom.